The first kappa shape index (κ1) is 16.4. The quantitative estimate of drug-likeness (QED) is 0.909. The van der Waals surface area contributed by atoms with Crippen LogP contribution in [-0.2, 0) is 6.54 Å². The molecule has 2 aromatic rings. The number of rotatable bonds is 5. The average molecular weight is 325 g/mol. The van der Waals surface area contributed by atoms with Gasteiger partial charge in [0.25, 0.3) is 5.91 Å². The average Bonchev–Trinajstić information content (AvgIpc) is 2.67. The molecular weight excluding hydrogens is 302 g/mol. The minimum atomic E-state index is 0.0142. The molecule has 1 aromatic carbocycles. The summed E-state index contributed by atoms with van der Waals surface area (Å²) < 4.78 is 0. The van der Waals surface area contributed by atoms with Crippen molar-refractivity contribution in [1.82, 2.24) is 19.8 Å². The molecule has 1 aliphatic heterocycles. The molecule has 3 rings (SSSR count). The molecule has 126 valence electrons. The molecule has 0 saturated carbocycles. The molecule has 1 saturated heterocycles. The zero-order valence-corrected chi connectivity index (χ0v) is 14.0. The van der Waals surface area contributed by atoms with E-state index in [1.54, 1.807) is 12.4 Å². The van der Waals surface area contributed by atoms with E-state index in [0.717, 1.165) is 38.3 Å². The van der Waals surface area contributed by atoms with Crippen molar-refractivity contribution in [2.75, 3.05) is 38.0 Å². The number of nitrogens with zero attached hydrogens (tertiary/aromatic N) is 4. The largest absolute Gasteiger partial charge is 0.350 e. The first-order chi connectivity index (χ1) is 11.8. The maximum atomic E-state index is 12.5. The molecular formula is C18H23N5O. The smallest absolute Gasteiger partial charge is 0.257 e. The van der Waals surface area contributed by atoms with Crippen LogP contribution in [0.5, 0.6) is 0 Å². The zero-order chi connectivity index (χ0) is 16.8. The third kappa shape index (κ3) is 4.08. The van der Waals surface area contributed by atoms with Gasteiger partial charge in [-0.3, -0.25) is 4.79 Å². The minimum absolute atomic E-state index is 0.0142. The van der Waals surface area contributed by atoms with Gasteiger partial charge in [0.05, 0.1) is 5.56 Å². The van der Waals surface area contributed by atoms with Crippen LogP contribution in [0.15, 0.2) is 42.7 Å². The van der Waals surface area contributed by atoms with Crippen molar-refractivity contribution in [2.45, 2.75) is 13.5 Å². The molecule has 6 heteroatoms. The van der Waals surface area contributed by atoms with Crippen molar-refractivity contribution in [3.05, 3.63) is 53.9 Å². The van der Waals surface area contributed by atoms with Crippen LogP contribution in [0, 0.1) is 0 Å². The van der Waals surface area contributed by atoms with Gasteiger partial charge in [0.1, 0.15) is 0 Å². The van der Waals surface area contributed by atoms with Crippen molar-refractivity contribution in [2.24, 2.45) is 0 Å². The Morgan fingerprint density at radius 1 is 1.08 bits per heavy atom. The molecule has 6 nitrogen and oxygen atoms in total. The van der Waals surface area contributed by atoms with E-state index in [1.807, 2.05) is 35.2 Å². The molecule has 1 N–H and O–H groups in total. The second-order valence-electron chi connectivity index (χ2n) is 5.86. The Morgan fingerprint density at radius 3 is 2.38 bits per heavy atom. The lowest BCUT2D eigenvalue weighted by atomic mass is 10.2. The summed E-state index contributed by atoms with van der Waals surface area (Å²) in [5, 5.41) is 3.17. The summed E-state index contributed by atoms with van der Waals surface area (Å²) in [5.74, 6) is 0.548. The Morgan fingerprint density at radius 2 is 1.75 bits per heavy atom. The van der Waals surface area contributed by atoms with Gasteiger partial charge in [0.15, 0.2) is 0 Å². The number of hydrogen-bond acceptors (Lipinski definition) is 5. The number of aromatic nitrogens is 2. The Bertz CT molecular complexity index is 651. The lowest BCUT2D eigenvalue weighted by molar-refractivity contribution is 0.0642. The molecule has 1 aliphatic rings. The van der Waals surface area contributed by atoms with Crippen LogP contribution in [0.2, 0.25) is 0 Å². The third-order valence-electron chi connectivity index (χ3n) is 4.30. The van der Waals surface area contributed by atoms with Gasteiger partial charge < -0.3 is 15.1 Å². The first-order valence-electron chi connectivity index (χ1n) is 8.37. The van der Waals surface area contributed by atoms with Crippen LogP contribution in [0.1, 0.15) is 22.8 Å². The van der Waals surface area contributed by atoms with Gasteiger partial charge in [0, 0.05) is 45.1 Å². The van der Waals surface area contributed by atoms with E-state index in [0.29, 0.717) is 18.1 Å². The van der Waals surface area contributed by atoms with E-state index in [9.17, 15) is 4.79 Å². The fraction of sp³-hybridized carbons (Fsp3) is 0.389. The van der Waals surface area contributed by atoms with E-state index >= 15 is 0 Å². The molecule has 0 atom stereocenters. The van der Waals surface area contributed by atoms with Gasteiger partial charge in [0.2, 0.25) is 5.95 Å². The molecule has 1 amide bonds. The summed E-state index contributed by atoms with van der Waals surface area (Å²) >= 11 is 0. The Balaban J connectivity index is 1.55. The predicted molar refractivity (Wildman–Crippen MR) is 93.8 cm³/mol. The lowest BCUT2D eigenvalue weighted by Crippen LogP contribution is -2.48. The molecule has 0 unspecified atom stereocenters. The van der Waals surface area contributed by atoms with Crippen molar-refractivity contribution in [3.8, 4) is 0 Å². The first-order valence-corrected chi connectivity index (χ1v) is 8.37. The molecule has 1 fully saturated rings. The molecule has 0 radical (unpaired) electrons. The zero-order valence-electron chi connectivity index (χ0n) is 14.0. The van der Waals surface area contributed by atoms with Gasteiger partial charge in [-0.25, -0.2) is 9.97 Å². The van der Waals surface area contributed by atoms with Gasteiger partial charge in [-0.15, -0.1) is 0 Å². The number of piperazine rings is 1. The fourth-order valence-electron chi connectivity index (χ4n) is 2.76. The Hall–Kier alpha value is -2.47. The van der Waals surface area contributed by atoms with Crippen molar-refractivity contribution in [1.29, 1.82) is 0 Å². The molecule has 2 heterocycles. The van der Waals surface area contributed by atoms with Crippen molar-refractivity contribution < 1.29 is 4.79 Å². The Labute approximate surface area is 142 Å². The highest BCUT2D eigenvalue weighted by atomic mass is 16.2. The van der Waals surface area contributed by atoms with Gasteiger partial charge in [-0.1, -0.05) is 37.3 Å². The number of benzene rings is 1. The summed E-state index contributed by atoms with van der Waals surface area (Å²) in [6.45, 7) is 7.23. The van der Waals surface area contributed by atoms with E-state index in [1.165, 1.54) is 0 Å². The van der Waals surface area contributed by atoms with Gasteiger partial charge >= 0.3 is 0 Å². The number of likely N-dealkylation sites (N-methyl/N-ethyl adjacent to an activating group) is 1. The van der Waals surface area contributed by atoms with Crippen LogP contribution in [0.25, 0.3) is 0 Å². The van der Waals surface area contributed by atoms with Crippen LogP contribution >= 0.6 is 0 Å². The maximum Gasteiger partial charge on any atom is 0.257 e. The molecule has 0 spiro atoms. The van der Waals surface area contributed by atoms with E-state index in [-0.39, 0.29) is 5.91 Å². The summed E-state index contributed by atoms with van der Waals surface area (Å²) in [6, 6.07) is 10.1. The normalized spacial score (nSPS) is 15.3. The predicted octanol–water partition coefficient (Wildman–Crippen LogP) is 1.87. The summed E-state index contributed by atoms with van der Waals surface area (Å²) in [4.78, 5) is 25.2. The van der Waals surface area contributed by atoms with Crippen molar-refractivity contribution in [3.63, 3.8) is 0 Å². The SMILES string of the molecule is CCN1CCN(C(=O)c2cnc(NCc3ccccc3)nc2)CC1. The number of anilines is 1. The number of nitrogens with one attached hydrogen (secondary N) is 1. The topological polar surface area (TPSA) is 61.4 Å². The fourth-order valence-corrected chi connectivity index (χ4v) is 2.76. The standard InChI is InChI=1S/C18H23N5O/c1-2-22-8-10-23(11-9-22)17(24)16-13-20-18(21-14-16)19-12-15-6-4-3-5-7-15/h3-7,13-14H,2,8-12H2,1H3,(H,19,20,21). The third-order valence-corrected chi connectivity index (χ3v) is 4.30. The Kier molecular flexibility index (Phi) is 5.38. The van der Waals surface area contributed by atoms with Crippen LogP contribution in [0.3, 0.4) is 0 Å². The second-order valence-corrected chi connectivity index (χ2v) is 5.86. The van der Waals surface area contributed by atoms with Crippen LogP contribution in [-0.4, -0.2) is 58.4 Å². The number of amides is 1. The van der Waals surface area contributed by atoms with E-state index in [2.05, 4.69) is 27.1 Å². The summed E-state index contributed by atoms with van der Waals surface area (Å²) in [6.07, 6.45) is 3.21. The molecule has 24 heavy (non-hydrogen) atoms. The summed E-state index contributed by atoms with van der Waals surface area (Å²) in [7, 11) is 0. The van der Waals surface area contributed by atoms with Crippen molar-refractivity contribution >= 4 is 11.9 Å². The molecule has 1 aromatic heterocycles. The van der Waals surface area contributed by atoms with E-state index in [4.69, 9.17) is 0 Å². The minimum Gasteiger partial charge on any atom is -0.350 e. The monoisotopic (exact) mass is 325 g/mol. The highest BCUT2D eigenvalue weighted by molar-refractivity contribution is 5.93. The number of hydrogen-bond donors (Lipinski definition) is 1. The van der Waals surface area contributed by atoms with Gasteiger partial charge in [-0.05, 0) is 12.1 Å². The molecule has 0 aliphatic carbocycles. The molecule has 0 bridgehead atoms. The van der Waals surface area contributed by atoms with E-state index < -0.39 is 0 Å². The highest BCUT2D eigenvalue weighted by Crippen LogP contribution is 2.09. The van der Waals surface area contributed by atoms with Gasteiger partial charge in [-0.2, -0.15) is 0 Å². The van der Waals surface area contributed by atoms with Crippen LogP contribution in [0.4, 0.5) is 5.95 Å². The lowest BCUT2D eigenvalue weighted by Gasteiger charge is -2.33. The highest BCUT2D eigenvalue weighted by Gasteiger charge is 2.21. The summed E-state index contributed by atoms with van der Waals surface area (Å²) in [5.41, 5.74) is 1.71. The number of carbonyl (C=O) groups is 1. The maximum absolute atomic E-state index is 12.5. The van der Waals surface area contributed by atoms with Crippen LogP contribution < -0.4 is 5.32 Å². The second kappa shape index (κ2) is 7.88. The number of carbonyl (C=O) groups excluding carboxylic acids is 1.